The molecular formula is C17H28N4O. The first kappa shape index (κ1) is 15.5. The Kier molecular flexibility index (Phi) is 4.81. The van der Waals surface area contributed by atoms with Gasteiger partial charge in [-0.05, 0) is 12.8 Å². The first-order chi connectivity index (χ1) is 10.6. The lowest BCUT2D eigenvalue weighted by Crippen LogP contribution is -2.51. The van der Waals surface area contributed by atoms with Crippen molar-refractivity contribution in [3.05, 3.63) is 18.2 Å². The summed E-state index contributed by atoms with van der Waals surface area (Å²) < 4.78 is 2.26. The Morgan fingerprint density at radius 2 is 1.95 bits per heavy atom. The number of hydrogen-bond acceptors (Lipinski definition) is 3. The van der Waals surface area contributed by atoms with Gasteiger partial charge in [0.25, 0.3) is 0 Å². The average molecular weight is 304 g/mol. The molecule has 1 saturated carbocycles. The Bertz CT molecular complexity index is 499. The molecule has 5 heteroatoms. The predicted octanol–water partition coefficient (Wildman–Crippen LogP) is 1.95. The standard InChI is InChI=1S/C17H28N4O/c1-14(2)16-18-6-7-20(16)11-8-19-9-12-21(13-10-19)17(22)15-4-3-5-15/h6-7,14-15H,3-5,8-13H2,1-2H3. The van der Waals surface area contributed by atoms with Crippen molar-refractivity contribution in [2.75, 3.05) is 32.7 Å². The van der Waals surface area contributed by atoms with Gasteiger partial charge in [-0.3, -0.25) is 9.69 Å². The van der Waals surface area contributed by atoms with Crippen molar-refractivity contribution in [2.45, 2.75) is 45.6 Å². The van der Waals surface area contributed by atoms with Crippen LogP contribution in [0.2, 0.25) is 0 Å². The number of piperazine rings is 1. The van der Waals surface area contributed by atoms with Crippen LogP contribution in [0.15, 0.2) is 12.4 Å². The van der Waals surface area contributed by atoms with Crippen LogP contribution in [0.3, 0.4) is 0 Å². The lowest BCUT2D eigenvalue weighted by Gasteiger charge is -2.38. The highest BCUT2D eigenvalue weighted by molar-refractivity contribution is 5.79. The van der Waals surface area contributed by atoms with E-state index in [1.54, 1.807) is 0 Å². The van der Waals surface area contributed by atoms with Crippen LogP contribution in [0.4, 0.5) is 0 Å². The third-order valence-electron chi connectivity index (χ3n) is 5.06. The summed E-state index contributed by atoms with van der Waals surface area (Å²) in [5, 5.41) is 0. The van der Waals surface area contributed by atoms with E-state index in [1.165, 1.54) is 12.2 Å². The molecule has 122 valence electrons. The van der Waals surface area contributed by atoms with Gasteiger partial charge in [-0.2, -0.15) is 0 Å². The molecule has 2 aliphatic rings. The van der Waals surface area contributed by atoms with E-state index >= 15 is 0 Å². The summed E-state index contributed by atoms with van der Waals surface area (Å²) in [6.45, 7) is 10.2. The smallest absolute Gasteiger partial charge is 0.225 e. The molecule has 5 nitrogen and oxygen atoms in total. The van der Waals surface area contributed by atoms with Gasteiger partial charge in [0.15, 0.2) is 0 Å². The molecular weight excluding hydrogens is 276 g/mol. The Labute approximate surface area is 133 Å². The molecule has 2 heterocycles. The zero-order chi connectivity index (χ0) is 15.5. The molecule has 0 atom stereocenters. The van der Waals surface area contributed by atoms with Crippen molar-refractivity contribution < 1.29 is 4.79 Å². The normalized spacial score (nSPS) is 20.4. The highest BCUT2D eigenvalue weighted by atomic mass is 16.2. The van der Waals surface area contributed by atoms with Gasteiger partial charge in [0.1, 0.15) is 5.82 Å². The molecule has 2 fully saturated rings. The second kappa shape index (κ2) is 6.82. The van der Waals surface area contributed by atoms with E-state index in [0.29, 0.717) is 17.7 Å². The van der Waals surface area contributed by atoms with E-state index in [1.807, 2.05) is 6.20 Å². The summed E-state index contributed by atoms with van der Waals surface area (Å²) in [6.07, 6.45) is 7.42. The van der Waals surface area contributed by atoms with E-state index in [-0.39, 0.29) is 0 Å². The van der Waals surface area contributed by atoms with Gasteiger partial charge in [0, 0.05) is 63.5 Å². The maximum absolute atomic E-state index is 12.2. The summed E-state index contributed by atoms with van der Waals surface area (Å²) in [4.78, 5) is 21.2. The topological polar surface area (TPSA) is 41.4 Å². The van der Waals surface area contributed by atoms with Crippen molar-refractivity contribution in [1.29, 1.82) is 0 Å². The zero-order valence-corrected chi connectivity index (χ0v) is 13.9. The molecule has 22 heavy (non-hydrogen) atoms. The third-order valence-corrected chi connectivity index (χ3v) is 5.06. The van der Waals surface area contributed by atoms with Crippen LogP contribution in [-0.2, 0) is 11.3 Å². The first-order valence-electron chi connectivity index (χ1n) is 8.67. The van der Waals surface area contributed by atoms with Crippen LogP contribution in [0.25, 0.3) is 0 Å². The quantitative estimate of drug-likeness (QED) is 0.835. The van der Waals surface area contributed by atoms with Crippen molar-refractivity contribution in [3.8, 4) is 0 Å². The van der Waals surface area contributed by atoms with Crippen molar-refractivity contribution in [1.82, 2.24) is 19.4 Å². The largest absolute Gasteiger partial charge is 0.340 e. The molecule has 0 N–H and O–H groups in total. The fourth-order valence-corrected chi connectivity index (χ4v) is 3.36. The van der Waals surface area contributed by atoms with Gasteiger partial charge >= 0.3 is 0 Å². The fourth-order valence-electron chi connectivity index (χ4n) is 3.36. The molecule has 1 saturated heterocycles. The number of imidazole rings is 1. The SMILES string of the molecule is CC(C)c1nccn1CCN1CCN(C(=O)C2CCC2)CC1. The molecule has 0 aromatic carbocycles. The molecule has 1 aromatic heterocycles. The fraction of sp³-hybridized carbons (Fsp3) is 0.765. The van der Waals surface area contributed by atoms with Crippen LogP contribution < -0.4 is 0 Å². The van der Waals surface area contributed by atoms with E-state index in [9.17, 15) is 4.79 Å². The van der Waals surface area contributed by atoms with Crippen LogP contribution in [0, 0.1) is 5.92 Å². The molecule has 1 aliphatic carbocycles. The number of carbonyl (C=O) groups is 1. The maximum atomic E-state index is 12.2. The second-order valence-corrected chi connectivity index (χ2v) is 6.93. The highest BCUT2D eigenvalue weighted by Crippen LogP contribution is 2.28. The lowest BCUT2D eigenvalue weighted by atomic mass is 9.84. The van der Waals surface area contributed by atoms with E-state index < -0.39 is 0 Å². The molecule has 0 spiro atoms. The molecule has 0 unspecified atom stereocenters. The first-order valence-corrected chi connectivity index (χ1v) is 8.67. The minimum Gasteiger partial charge on any atom is -0.340 e. The predicted molar refractivity (Wildman–Crippen MR) is 86.7 cm³/mol. The third kappa shape index (κ3) is 3.35. The number of carbonyl (C=O) groups excluding carboxylic acids is 1. The van der Waals surface area contributed by atoms with E-state index in [0.717, 1.165) is 52.1 Å². The van der Waals surface area contributed by atoms with Crippen LogP contribution in [0.1, 0.15) is 44.9 Å². The van der Waals surface area contributed by atoms with E-state index in [4.69, 9.17) is 0 Å². The van der Waals surface area contributed by atoms with Gasteiger partial charge in [0.05, 0.1) is 0 Å². The van der Waals surface area contributed by atoms with Crippen LogP contribution in [-0.4, -0.2) is 58.0 Å². The van der Waals surface area contributed by atoms with Crippen molar-refractivity contribution >= 4 is 5.91 Å². The number of amides is 1. The van der Waals surface area contributed by atoms with Gasteiger partial charge in [-0.15, -0.1) is 0 Å². The van der Waals surface area contributed by atoms with Gasteiger partial charge in [-0.1, -0.05) is 20.3 Å². The molecule has 0 radical (unpaired) electrons. The summed E-state index contributed by atoms with van der Waals surface area (Å²) in [6, 6.07) is 0. The van der Waals surface area contributed by atoms with Gasteiger partial charge in [0.2, 0.25) is 5.91 Å². The number of rotatable bonds is 5. The molecule has 3 rings (SSSR count). The molecule has 1 aliphatic heterocycles. The number of aromatic nitrogens is 2. The van der Waals surface area contributed by atoms with E-state index in [2.05, 4.69) is 39.4 Å². The average Bonchev–Trinajstić information content (AvgIpc) is 2.92. The number of nitrogens with zero attached hydrogens (tertiary/aromatic N) is 4. The van der Waals surface area contributed by atoms with Crippen molar-refractivity contribution in [3.63, 3.8) is 0 Å². The number of hydrogen-bond donors (Lipinski definition) is 0. The van der Waals surface area contributed by atoms with Gasteiger partial charge < -0.3 is 9.47 Å². The van der Waals surface area contributed by atoms with Crippen LogP contribution in [0.5, 0.6) is 0 Å². The Balaban J connectivity index is 1.44. The summed E-state index contributed by atoms with van der Waals surface area (Å²) in [7, 11) is 0. The molecule has 0 bridgehead atoms. The summed E-state index contributed by atoms with van der Waals surface area (Å²) in [5.41, 5.74) is 0. The monoisotopic (exact) mass is 304 g/mol. The Morgan fingerprint density at radius 3 is 2.55 bits per heavy atom. The maximum Gasteiger partial charge on any atom is 0.225 e. The van der Waals surface area contributed by atoms with Gasteiger partial charge in [-0.25, -0.2) is 4.98 Å². The zero-order valence-electron chi connectivity index (χ0n) is 13.9. The molecule has 1 aromatic rings. The second-order valence-electron chi connectivity index (χ2n) is 6.93. The highest BCUT2D eigenvalue weighted by Gasteiger charge is 2.31. The van der Waals surface area contributed by atoms with Crippen molar-refractivity contribution in [2.24, 2.45) is 5.92 Å². The Hall–Kier alpha value is -1.36. The Morgan fingerprint density at radius 1 is 1.23 bits per heavy atom. The summed E-state index contributed by atoms with van der Waals surface area (Å²) in [5.74, 6) is 2.37. The minimum atomic E-state index is 0.339. The van der Waals surface area contributed by atoms with Crippen LogP contribution >= 0.6 is 0 Å². The minimum absolute atomic E-state index is 0.339. The molecule has 1 amide bonds. The summed E-state index contributed by atoms with van der Waals surface area (Å²) >= 11 is 0. The lowest BCUT2D eigenvalue weighted by molar-refractivity contribution is -0.139.